The molecule has 1 unspecified atom stereocenters. The molecule has 1 aliphatic rings. The number of likely N-dealkylation sites (tertiary alicyclic amines) is 1. The Kier molecular flexibility index (Phi) is 5.79. The first-order valence-corrected chi connectivity index (χ1v) is 8.83. The van der Waals surface area contributed by atoms with E-state index in [1.807, 2.05) is 39.0 Å². The van der Waals surface area contributed by atoms with Crippen LogP contribution in [0.15, 0.2) is 22.7 Å². The molecule has 5 nitrogen and oxygen atoms in total. The number of anilines is 2. The van der Waals surface area contributed by atoms with Crippen LogP contribution in [0.2, 0.25) is 0 Å². The molecule has 1 heterocycles. The minimum atomic E-state index is -0.471. The summed E-state index contributed by atoms with van der Waals surface area (Å²) in [6.07, 6.45) is 2.83. The summed E-state index contributed by atoms with van der Waals surface area (Å²) in [4.78, 5) is 14.1. The van der Waals surface area contributed by atoms with E-state index in [0.717, 1.165) is 36.0 Å². The number of hydrogen-bond acceptors (Lipinski definition) is 4. The van der Waals surface area contributed by atoms with Crippen LogP contribution in [0.25, 0.3) is 0 Å². The predicted octanol–water partition coefficient (Wildman–Crippen LogP) is 4.23. The first-order valence-electron chi connectivity index (χ1n) is 8.04. The third kappa shape index (κ3) is 5.61. The zero-order valence-electron chi connectivity index (χ0n) is 14.1. The van der Waals surface area contributed by atoms with Gasteiger partial charge in [0.25, 0.3) is 0 Å². The number of ether oxygens (including phenoxy) is 1. The number of benzene rings is 1. The summed E-state index contributed by atoms with van der Waals surface area (Å²) in [6.45, 7) is 7.03. The van der Waals surface area contributed by atoms with E-state index in [9.17, 15) is 4.79 Å². The van der Waals surface area contributed by atoms with Gasteiger partial charge >= 0.3 is 6.09 Å². The topological polar surface area (TPSA) is 67.6 Å². The molecule has 0 bridgehead atoms. The van der Waals surface area contributed by atoms with Gasteiger partial charge in [0.1, 0.15) is 5.60 Å². The number of nitrogens with two attached hydrogens (primary N) is 1. The SMILES string of the molecule is CC(C)(C)OC(=O)N1CCCCC(Nc2cc(Br)ccc2N)C1. The van der Waals surface area contributed by atoms with E-state index in [-0.39, 0.29) is 12.1 Å². The zero-order chi connectivity index (χ0) is 17.0. The van der Waals surface area contributed by atoms with Gasteiger partial charge in [-0.3, -0.25) is 0 Å². The molecule has 1 atom stereocenters. The maximum Gasteiger partial charge on any atom is 0.410 e. The number of nitrogen functional groups attached to an aromatic ring is 1. The van der Waals surface area contributed by atoms with Crippen molar-refractivity contribution < 1.29 is 9.53 Å². The molecular formula is C17H26BrN3O2. The number of nitrogens with one attached hydrogen (secondary N) is 1. The number of amides is 1. The smallest absolute Gasteiger partial charge is 0.410 e. The van der Waals surface area contributed by atoms with Crippen LogP contribution in [0.3, 0.4) is 0 Å². The Morgan fingerprint density at radius 2 is 2.13 bits per heavy atom. The van der Waals surface area contributed by atoms with Gasteiger partial charge in [-0.25, -0.2) is 4.79 Å². The van der Waals surface area contributed by atoms with Crippen molar-refractivity contribution in [2.45, 2.75) is 51.7 Å². The Bertz CT molecular complexity index is 557. The van der Waals surface area contributed by atoms with Gasteiger partial charge in [0.2, 0.25) is 0 Å². The second kappa shape index (κ2) is 7.43. The quantitative estimate of drug-likeness (QED) is 0.749. The highest BCUT2D eigenvalue weighted by Gasteiger charge is 2.26. The number of halogens is 1. The largest absolute Gasteiger partial charge is 0.444 e. The normalized spacial score (nSPS) is 19.1. The van der Waals surface area contributed by atoms with Gasteiger partial charge in [-0.05, 0) is 58.2 Å². The van der Waals surface area contributed by atoms with Crippen LogP contribution in [0.1, 0.15) is 40.0 Å². The van der Waals surface area contributed by atoms with Crippen molar-refractivity contribution in [1.82, 2.24) is 4.90 Å². The summed E-state index contributed by atoms with van der Waals surface area (Å²) in [5.74, 6) is 0. The van der Waals surface area contributed by atoms with Gasteiger partial charge in [-0.2, -0.15) is 0 Å². The van der Waals surface area contributed by atoms with Crippen LogP contribution in [0.4, 0.5) is 16.2 Å². The number of nitrogens with zero attached hydrogens (tertiary/aromatic N) is 1. The standard InChI is InChI=1S/C17H26BrN3O2/c1-17(2,3)23-16(22)21-9-5-4-6-13(11-21)20-15-10-12(18)7-8-14(15)19/h7-8,10,13,20H,4-6,9,11,19H2,1-3H3. The van der Waals surface area contributed by atoms with Gasteiger partial charge in [0.15, 0.2) is 0 Å². The summed E-state index contributed by atoms with van der Waals surface area (Å²) in [7, 11) is 0. The molecule has 1 fully saturated rings. The van der Waals surface area contributed by atoms with Crippen LogP contribution in [-0.2, 0) is 4.74 Å². The van der Waals surface area contributed by atoms with Crippen LogP contribution in [-0.4, -0.2) is 35.7 Å². The van der Waals surface area contributed by atoms with Crippen molar-refractivity contribution in [3.63, 3.8) is 0 Å². The molecule has 0 spiro atoms. The molecule has 23 heavy (non-hydrogen) atoms. The third-order valence-corrected chi connectivity index (χ3v) is 4.19. The first-order chi connectivity index (χ1) is 10.7. The fraction of sp³-hybridized carbons (Fsp3) is 0.588. The minimum absolute atomic E-state index is 0.168. The van der Waals surface area contributed by atoms with E-state index < -0.39 is 5.60 Å². The molecule has 6 heteroatoms. The van der Waals surface area contributed by atoms with Gasteiger partial charge < -0.3 is 20.7 Å². The van der Waals surface area contributed by atoms with E-state index in [1.165, 1.54) is 0 Å². The zero-order valence-corrected chi connectivity index (χ0v) is 15.6. The summed E-state index contributed by atoms with van der Waals surface area (Å²) in [5.41, 5.74) is 7.17. The summed E-state index contributed by atoms with van der Waals surface area (Å²) < 4.78 is 6.48. The average molecular weight is 384 g/mol. The van der Waals surface area contributed by atoms with Crippen molar-refractivity contribution in [1.29, 1.82) is 0 Å². The van der Waals surface area contributed by atoms with E-state index in [2.05, 4.69) is 21.2 Å². The first kappa shape index (κ1) is 17.9. The Morgan fingerprint density at radius 1 is 1.39 bits per heavy atom. The van der Waals surface area contributed by atoms with Crippen molar-refractivity contribution in [3.05, 3.63) is 22.7 Å². The minimum Gasteiger partial charge on any atom is -0.444 e. The van der Waals surface area contributed by atoms with Crippen LogP contribution < -0.4 is 11.1 Å². The van der Waals surface area contributed by atoms with Crippen LogP contribution in [0.5, 0.6) is 0 Å². The summed E-state index contributed by atoms with van der Waals surface area (Å²) in [6, 6.07) is 5.93. The molecule has 128 valence electrons. The number of carbonyl (C=O) groups excluding carboxylic acids is 1. The molecule has 1 aromatic carbocycles. The summed E-state index contributed by atoms with van der Waals surface area (Å²) >= 11 is 3.46. The highest BCUT2D eigenvalue weighted by atomic mass is 79.9. The van der Waals surface area contributed by atoms with Gasteiger partial charge in [0.05, 0.1) is 11.4 Å². The second-order valence-electron chi connectivity index (χ2n) is 6.99. The third-order valence-electron chi connectivity index (χ3n) is 3.70. The lowest BCUT2D eigenvalue weighted by Crippen LogP contribution is -2.42. The lowest BCUT2D eigenvalue weighted by atomic mass is 10.1. The average Bonchev–Trinajstić information content (AvgIpc) is 2.67. The molecule has 1 aliphatic heterocycles. The Balaban J connectivity index is 2.04. The van der Waals surface area contributed by atoms with E-state index in [0.29, 0.717) is 12.2 Å². The lowest BCUT2D eigenvalue weighted by molar-refractivity contribution is 0.0252. The fourth-order valence-electron chi connectivity index (χ4n) is 2.63. The van der Waals surface area contributed by atoms with Crippen molar-refractivity contribution in [2.24, 2.45) is 0 Å². The Morgan fingerprint density at radius 3 is 2.83 bits per heavy atom. The highest BCUT2D eigenvalue weighted by molar-refractivity contribution is 9.10. The Hall–Kier alpha value is -1.43. The lowest BCUT2D eigenvalue weighted by Gasteiger charge is -2.29. The van der Waals surface area contributed by atoms with Gasteiger partial charge in [0, 0.05) is 23.6 Å². The molecule has 1 saturated heterocycles. The van der Waals surface area contributed by atoms with Gasteiger partial charge in [-0.15, -0.1) is 0 Å². The van der Waals surface area contributed by atoms with Crippen molar-refractivity contribution in [2.75, 3.05) is 24.1 Å². The maximum absolute atomic E-state index is 12.3. The molecule has 1 aromatic rings. The van der Waals surface area contributed by atoms with E-state index in [4.69, 9.17) is 10.5 Å². The van der Waals surface area contributed by atoms with E-state index in [1.54, 1.807) is 4.90 Å². The Labute approximate surface area is 146 Å². The van der Waals surface area contributed by atoms with Crippen molar-refractivity contribution >= 4 is 33.4 Å². The van der Waals surface area contributed by atoms with E-state index >= 15 is 0 Å². The molecule has 0 aliphatic carbocycles. The molecule has 2 rings (SSSR count). The number of carbonyl (C=O) groups is 1. The van der Waals surface area contributed by atoms with Crippen molar-refractivity contribution in [3.8, 4) is 0 Å². The number of hydrogen-bond donors (Lipinski definition) is 2. The predicted molar refractivity (Wildman–Crippen MR) is 97.6 cm³/mol. The molecular weight excluding hydrogens is 358 g/mol. The summed E-state index contributed by atoms with van der Waals surface area (Å²) in [5, 5.41) is 3.47. The van der Waals surface area contributed by atoms with Crippen LogP contribution in [0, 0.1) is 0 Å². The van der Waals surface area contributed by atoms with Gasteiger partial charge in [-0.1, -0.05) is 15.9 Å². The molecule has 3 N–H and O–H groups in total. The maximum atomic E-state index is 12.3. The second-order valence-corrected chi connectivity index (χ2v) is 7.91. The number of rotatable bonds is 2. The highest BCUT2D eigenvalue weighted by Crippen LogP contribution is 2.26. The molecule has 0 saturated carbocycles. The van der Waals surface area contributed by atoms with Crippen LogP contribution >= 0.6 is 15.9 Å². The molecule has 0 radical (unpaired) electrons. The molecule has 1 amide bonds. The fourth-order valence-corrected chi connectivity index (χ4v) is 2.99. The monoisotopic (exact) mass is 383 g/mol. The molecule has 0 aromatic heterocycles.